The first kappa shape index (κ1) is 36.1. The van der Waals surface area contributed by atoms with Gasteiger partial charge in [0.2, 0.25) is 0 Å². The zero-order chi connectivity index (χ0) is 42.6. The van der Waals surface area contributed by atoms with Crippen molar-refractivity contribution in [3.05, 3.63) is 259 Å². The fourth-order valence-corrected chi connectivity index (χ4v) is 11.6. The molecule has 0 amide bonds. The molecule has 1 spiro atoms. The fraction of sp³-hybridized carbons (Fsp3) is 0.0159. The Morgan fingerprint density at radius 1 is 0.323 bits per heavy atom. The molecule has 1 aromatic heterocycles. The van der Waals surface area contributed by atoms with Gasteiger partial charge >= 0.3 is 0 Å². The number of anilines is 3. The molecule has 0 unspecified atom stereocenters. The highest BCUT2D eigenvalue weighted by atomic mass is 16.3. The van der Waals surface area contributed by atoms with Crippen LogP contribution >= 0.6 is 0 Å². The summed E-state index contributed by atoms with van der Waals surface area (Å²) in [7, 11) is 0. The van der Waals surface area contributed by atoms with Gasteiger partial charge in [0, 0.05) is 27.7 Å². The van der Waals surface area contributed by atoms with Crippen LogP contribution in [0, 0.1) is 0 Å². The molecular formula is C63H39NO. The van der Waals surface area contributed by atoms with Crippen LogP contribution in [0.4, 0.5) is 17.1 Å². The smallest absolute Gasteiger partial charge is 0.136 e. The number of hydrogen-bond donors (Lipinski definition) is 0. The molecular weight excluding hydrogens is 787 g/mol. The van der Waals surface area contributed by atoms with E-state index in [0.717, 1.165) is 44.6 Å². The molecule has 0 saturated heterocycles. The maximum atomic E-state index is 6.72. The van der Waals surface area contributed by atoms with E-state index in [1.165, 1.54) is 82.7 Å². The zero-order valence-electron chi connectivity index (χ0n) is 35.4. The third-order valence-corrected chi connectivity index (χ3v) is 14.3. The highest BCUT2D eigenvalue weighted by Gasteiger charge is 2.51. The lowest BCUT2D eigenvalue weighted by Gasteiger charge is -2.32. The maximum Gasteiger partial charge on any atom is 0.136 e. The number of rotatable bonds is 5. The molecule has 0 fully saturated rings. The van der Waals surface area contributed by atoms with Gasteiger partial charge in [-0.3, -0.25) is 0 Å². The van der Waals surface area contributed by atoms with Crippen LogP contribution in [0.15, 0.2) is 241 Å². The number of nitrogens with zero attached hydrogens (tertiary/aromatic N) is 1. The molecule has 2 nitrogen and oxygen atoms in total. The summed E-state index contributed by atoms with van der Waals surface area (Å²) in [5, 5.41) is 7.08. The predicted molar refractivity (Wildman–Crippen MR) is 271 cm³/mol. The molecule has 0 bridgehead atoms. The first-order valence-corrected chi connectivity index (χ1v) is 22.5. The van der Waals surface area contributed by atoms with Gasteiger partial charge < -0.3 is 9.32 Å². The largest absolute Gasteiger partial charge is 0.456 e. The first-order valence-electron chi connectivity index (χ1n) is 22.5. The second-order valence-corrected chi connectivity index (χ2v) is 17.5. The summed E-state index contributed by atoms with van der Waals surface area (Å²) in [5.74, 6) is 0. The Balaban J connectivity index is 1.08. The van der Waals surface area contributed by atoms with E-state index >= 15 is 0 Å². The summed E-state index contributed by atoms with van der Waals surface area (Å²) in [6.45, 7) is 0. The van der Waals surface area contributed by atoms with Crippen LogP contribution in [0.25, 0.3) is 88.0 Å². The first-order chi connectivity index (χ1) is 32.3. The summed E-state index contributed by atoms with van der Waals surface area (Å²) in [4.78, 5) is 2.49. The van der Waals surface area contributed by atoms with Gasteiger partial charge in [0.05, 0.1) is 11.1 Å². The number of hydrogen-bond acceptors (Lipinski definition) is 2. The highest BCUT2D eigenvalue weighted by molar-refractivity contribution is 6.22. The van der Waals surface area contributed by atoms with E-state index < -0.39 is 5.41 Å². The lowest BCUT2D eigenvalue weighted by Crippen LogP contribution is -2.25. The average Bonchev–Trinajstić information content (AvgIpc) is 4.01. The number of furan rings is 1. The van der Waals surface area contributed by atoms with Gasteiger partial charge in [0.1, 0.15) is 11.2 Å². The second-order valence-electron chi connectivity index (χ2n) is 17.5. The predicted octanol–water partition coefficient (Wildman–Crippen LogP) is 17.0. The van der Waals surface area contributed by atoms with Gasteiger partial charge in [-0.1, -0.05) is 188 Å². The third-order valence-electron chi connectivity index (χ3n) is 14.3. The van der Waals surface area contributed by atoms with Crippen LogP contribution < -0.4 is 4.90 Å². The van der Waals surface area contributed by atoms with Crippen molar-refractivity contribution < 1.29 is 4.42 Å². The molecule has 2 aliphatic rings. The van der Waals surface area contributed by atoms with E-state index in [9.17, 15) is 0 Å². The normalized spacial score (nSPS) is 13.0. The van der Waals surface area contributed by atoms with Crippen LogP contribution in [-0.2, 0) is 5.41 Å². The third kappa shape index (κ3) is 5.05. The molecule has 12 aromatic rings. The molecule has 2 aliphatic carbocycles. The van der Waals surface area contributed by atoms with Crippen LogP contribution in [-0.4, -0.2) is 0 Å². The van der Waals surface area contributed by atoms with Gasteiger partial charge in [-0.15, -0.1) is 0 Å². The average molecular weight is 826 g/mol. The molecule has 0 saturated carbocycles. The van der Waals surface area contributed by atoms with Gasteiger partial charge in [0.15, 0.2) is 0 Å². The van der Waals surface area contributed by atoms with Crippen molar-refractivity contribution in [1.29, 1.82) is 0 Å². The van der Waals surface area contributed by atoms with Crippen molar-refractivity contribution in [2.24, 2.45) is 0 Å². The Morgan fingerprint density at radius 2 is 0.862 bits per heavy atom. The number of para-hydroxylation sites is 1. The summed E-state index contributed by atoms with van der Waals surface area (Å²) < 4.78 is 6.72. The Bertz CT molecular complexity index is 3850. The molecule has 2 heteroatoms. The van der Waals surface area contributed by atoms with Crippen molar-refractivity contribution in [2.45, 2.75) is 5.41 Å². The van der Waals surface area contributed by atoms with Crippen LogP contribution in [0.3, 0.4) is 0 Å². The molecule has 302 valence electrons. The Hall–Kier alpha value is -8.46. The molecule has 14 rings (SSSR count). The van der Waals surface area contributed by atoms with Gasteiger partial charge in [-0.25, -0.2) is 0 Å². The van der Waals surface area contributed by atoms with E-state index in [1.807, 2.05) is 0 Å². The Kier molecular flexibility index (Phi) is 7.64. The van der Waals surface area contributed by atoms with Crippen LogP contribution in [0.1, 0.15) is 22.3 Å². The van der Waals surface area contributed by atoms with E-state index in [1.54, 1.807) is 0 Å². The van der Waals surface area contributed by atoms with Gasteiger partial charge in [0.25, 0.3) is 0 Å². The van der Waals surface area contributed by atoms with E-state index in [4.69, 9.17) is 4.42 Å². The molecule has 1 heterocycles. The second kappa shape index (κ2) is 13.8. The van der Waals surface area contributed by atoms with Crippen molar-refractivity contribution in [3.8, 4) is 44.5 Å². The van der Waals surface area contributed by atoms with Crippen molar-refractivity contribution in [1.82, 2.24) is 0 Å². The van der Waals surface area contributed by atoms with Crippen molar-refractivity contribution in [3.63, 3.8) is 0 Å². The Labute approximate surface area is 376 Å². The van der Waals surface area contributed by atoms with Crippen molar-refractivity contribution >= 4 is 60.5 Å². The molecule has 0 N–H and O–H groups in total. The lowest BCUT2D eigenvalue weighted by molar-refractivity contribution is 0.669. The highest BCUT2D eigenvalue weighted by Crippen LogP contribution is 2.63. The summed E-state index contributed by atoms with van der Waals surface area (Å²) in [6.07, 6.45) is 0. The SMILES string of the molecule is c1ccc(-c2ccc(N(c3ccc4c(c3)-c3ccccc3C43c4ccccc4-c4ccccc43)c3ccc4oc5ccccc5c4c3-c3cc4ccccc4c4ccccc34)cc2)cc1. The standard InChI is InChI=1S/C63H39NO/c1-2-16-40(17-3-1)41-30-32-43(33-31-41)64(44-34-35-57-52(39-44)50-24-10-14-28-56(50)63(57)54-26-12-8-22-48(54)49-23-9-13-27-55(49)63)58-36-37-60-62(51-25-11-15-29-59(51)65-60)61(58)53-38-42-18-4-5-19-45(42)46-20-6-7-21-47(46)53/h1-39H. The monoisotopic (exact) mass is 825 g/mol. The van der Waals surface area contributed by atoms with Crippen LogP contribution in [0.2, 0.25) is 0 Å². The van der Waals surface area contributed by atoms with E-state index in [-0.39, 0.29) is 0 Å². The van der Waals surface area contributed by atoms with Crippen LogP contribution in [0.5, 0.6) is 0 Å². The topological polar surface area (TPSA) is 16.4 Å². The molecule has 0 aliphatic heterocycles. The maximum absolute atomic E-state index is 6.72. The number of benzene rings is 11. The summed E-state index contributed by atoms with van der Waals surface area (Å²) >= 11 is 0. The zero-order valence-corrected chi connectivity index (χ0v) is 35.4. The van der Waals surface area contributed by atoms with E-state index in [2.05, 4.69) is 241 Å². The van der Waals surface area contributed by atoms with E-state index in [0.29, 0.717) is 0 Å². The molecule has 11 aromatic carbocycles. The number of fused-ring (bicyclic) bond motifs is 16. The molecule has 0 radical (unpaired) electrons. The summed E-state index contributed by atoms with van der Waals surface area (Å²) in [5.41, 5.74) is 19.7. The minimum absolute atomic E-state index is 0.427. The summed E-state index contributed by atoms with van der Waals surface area (Å²) in [6, 6.07) is 87.1. The molecule has 0 atom stereocenters. The van der Waals surface area contributed by atoms with Crippen molar-refractivity contribution in [2.75, 3.05) is 4.90 Å². The van der Waals surface area contributed by atoms with Gasteiger partial charge in [-0.2, -0.15) is 0 Å². The lowest BCUT2D eigenvalue weighted by atomic mass is 9.70. The fourth-order valence-electron chi connectivity index (χ4n) is 11.6. The minimum atomic E-state index is -0.427. The molecule has 65 heavy (non-hydrogen) atoms. The Morgan fingerprint density at radius 3 is 1.58 bits per heavy atom. The quantitative estimate of drug-likeness (QED) is 0.161. The minimum Gasteiger partial charge on any atom is -0.456 e. The van der Waals surface area contributed by atoms with Gasteiger partial charge in [-0.05, 0) is 131 Å².